The number of hydrogen-bond donors (Lipinski definition) is 1. The van der Waals surface area contributed by atoms with Crippen LogP contribution in [0, 0.1) is 28.4 Å². The van der Waals surface area contributed by atoms with Crippen molar-refractivity contribution in [1.82, 2.24) is 9.78 Å². The summed E-state index contributed by atoms with van der Waals surface area (Å²) < 4.78 is 1.51. The second-order valence-electron chi connectivity index (χ2n) is 4.28. The number of nitro benzene ring substituents is 1. The third kappa shape index (κ3) is 3.22. The molecule has 1 amide bonds. The van der Waals surface area contributed by atoms with Crippen molar-refractivity contribution in [1.29, 1.82) is 5.26 Å². The van der Waals surface area contributed by atoms with E-state index < -0.39 is 4.92 Å². The van der Waals surface area contributed by atoms with Crippen molar-refractivity contribution < 1.29 is 9.72 Å². The Labute approximate surface area is 119 Å². The number of aromatic nitrogens is 2. The number of anilines is 1. The van der Waals surface area contributed by atoms with E-state index >= 15 is 0 Å². The van der Waals surface area contributed by atoms with Crippen molar-refractivity contribution in [3.05, 3.63) is 51.8 Å². The Bertz CT molecular complexity index is 745. The first-order chi connectivity index (χ1) is 10.0. The van der Waals surface area contributed by atoms with Gasteiger partial charge in [-0.15, -0.1) is 0 Å². The van der Waals surface area contributed by atoms with E-state index in [0.29, 0.717) is 0 Å². The van der Waals surface area contributed by atoms with Crippen LogP contribution in [0.5, 0.6) is 0 Å². The highest BCUT2D eigenvalue weighted by Gasteiger charge is 2.13. The zero-order valence-corrected chi connectivity index (χ0v) is 11.1. The molecule has 1 aromatic carbocycles. The van der Waals surface area contributed by atoms with E-state index in [1.165, 1.54) is 16.8 Å². The zero-order chi connectivity index (χ0) is 15.4. The van der Waals surface area contributed by atoms with Gasteiger partial charge in [0.25, 0.3) is 5.69 Å². The van der Waals surface area contributed by atoms with Gasteiger partial charge in [0.05, 0.1) is 16.2 Å². The van der Waals surface area contributed by atoms with Crippen LogP contribution < -0.4 is 5.32 Å². The molecule has 2 aromatic rings. The maximum Gasteiger partial charge on any atom is 0.270 e. The van der Waals surface area contributed by atoms with Gasteiger partial charge < -0.3 is 5.32 Å². The van der Waals surface area contributed by atoms with Crippen molar-refractivity contribution in [2.75, 3.05) is 5.32 Å². The van der Waals surface area contributed by atoms with Crippen LogP contribution in [0.1, 0.15) is 11.3 Å². The van der Waals surface area contributed by atoms with Crippen molar-refractivity contribution in [2.45, 2.75) is 13.5 Å². The summed E-state index contributed by atoms with van der Waals surface area (Å²) in [5.74, 6) is -0.368. The predicted octanol–water partition coefficient (Wildman–Crippen LogP) is 1.61. The van der Waals surface area contributed by atoms with Gasteiger partial charge in [-0.3, -0.25) is 19.6 Å². The number of non-ortho nitro benzene ring substituents is 1. The Balaban J connectivity index is 2.16. The first kappa shape index (κ1) is 14.2. The van der Waals surface area contributed by atoms with Gasteiger partial charge in [0.1, 0.15) is 12.6 Å². The predicted molar refractivity (Wildman–Crippen MR) is 73.4 cm³/mol. The summed E-state index contributed by atoms with van der Waals surface area (Å²) in [5, 5.41) is 26.2. The molecule has 0 saturated carbocycles. The summed E-state index contributed by atoms with van der Waals surface area (Å²) >= 11 is 0. The number of hydrogen-bond acceptors (Lipinski definition) is 5. The fraction of sp³-hybridized carbons (Fsp3) is 0.154. The van der Waals surface area contributed by atoms with Gasteiger partial charge in [0.15, 0.2) is 0 Å². The number of nitrogens with one attached hydrogen (secondary N) is 1. The minimum absolute atomic E-state index is 0.000684. The van der Waals surface area contributed by atoms with Crippen LogP contribution in [0.15, 0.2) is 30.5 Å². The molecule has 0 atom stereocenters. The van der Waals surface area contributed by atoms with E-state index in [2.05, 4.69) is 10.4 Å². The second-order valence-corrected chi connectivity index (χ2v) is 4.28. The number of nitro groups is 1. The zero-order valence-electron chi connectivity index (χ0n) is 11.1. The Morgan fingerprint density at radius 3 is 2.86 bits per heavy atom. The number of nitrogens with zero attached hydrogens (tertiary/aromatic N) is 4. The number of rotatable bonds is 4. The van der Waals surface area contributed by atoms with E-state index in [9.17, 15) is 14.9 Å². The van der Waals surface area contributed by atoms with E-state index in [0.717, 1.165) is 11.8 Å². The Morgan fingerprint density at radius 2 is 2.29 bits per heavy atom. The van der Waals surface area contributed by atoms with Crippen LogP contribution in [-0.2, 0) is 11.3 Å². The smallest absolute Gasteiger partial charge is 0.270 e. The van der Waals surface area contributed by atoms with Crippen LogP contribution >= 0.6 is 0 Å². The quantitative estimate of drug-likeness (QED) is 0.677. The Morgan fingerprint density at radius 1 is 1.52 bits per heavy atom. The van der Waals surface area contributed by atoms with Gasteiger partial charge in [0.2, 0.25) is 5.91 Å². The highest BCUT2D eigenvalue weighted by Crippen LogP contribution is 2.21. The summed E-state index contributed by atoms with van der Waals surface area (Å²) in [4.78, 5) is 22.0. The molecule has 0 aliphatic carbocycles. The molecule has 0 radical (unpaired) electrons. The normalized spacial score (nSPS) is 9.90. The lowest BCUT2D eigenvalue weighted by Gasteiger charge is -2.08. The Hall–Kier alpha value is -3.21. The van der Waals surface area contributed by atoms with E-state index in [4.69, 9.17) is 5.26 Å². The fourth-order valence-corrected chi connectivity index (χ4v) is 1.74. The number of benzene rings is 1. The van der Waals surface area contributed by atoms with Crippen molar-refractivity contribution in [2.24, 2.45) is 0 Å². The molecule has 8 heteroatoms. The lowest BCUT2D eigenvalue weighted by atomic mass is 10.1. The van der Waals surface area contributed by atoms with Crippen LogP contribution in [0.2, 0.25) is 0 Å². The maximum absolute atomic E-state index is 11.9. The van der Waals surface area contributed by atoms with Crippen molar-refractivity contribution in [3.63, 3.8) is 0 Å². The number of amides is 1. The third-order valence-corrected chi connectivity index (χ3v) is 2.83. The van der Waals surface area contributed by atoms with E-state index in [-0.39, 0.29) is 29.4 Å². The summed E-state index contributed by atoms with van der Waals surface area (Å²) in [6, 6.07) is 7.28. The van der Waals surface area contributed by atoms with Gasteiger partial charge in [-0.25, -0.2) is 0 Å². The molecule has 0 aliphatic heterocycles. The summed E-state index contributed by atoms with van der Waals surface area (Å²) in [7, 11) is 0. The van der Waals surface area contributed by atoms with Gasteiger partial charge in [0, 0.05) is 24.0 Å². The lowest BCUT2D eigenvalue weighted by Crippen LogP contribution is -2.20. The molecule has 106 valence electrons. The molecule has 1 aromatic heterocycles. The lowest BCUT2D eigenvalue weighted by molar-refractivity contribution is -0.384. The molecule has 0 saturated heterocycles. The summed E-state index contributed by atoms with van der Waals surface area (Å²) in [6.07, 6.45) is 1.58. The second kappa shape index (κ2) is 5.83. The first-order valence-electron chi connectivity index (χ1n) is 5.98. The molecule has 1 heterocycles. The standard InChI is InChI=1S/C13H11N5O3/c1-9-4-5-15-17(9)8-13(19)16-12-3-2-11(18(20)21)6-10(12)7-14/h2-6H,8H2,1H3,(H,16,19). The molecule has 2 rings (SSSR count). The number of carbonyl (C=O) groups is 1. The maximum atomic E-state index is 11.9. The van der Waals surface area contributed by atoms with Gasteiger partial charge >= 0.3 is 0 Å². The van der Waals surface area contributed by atoms with Gasteiger partial charge in [-0.2, -0.15) is 10.4 Å². The first-order valence-corrected chi connectivity index (χ1v) is 5.98. The molecule has 0 spiro atoms. The highest BCUT2D eigenvalue weighted by molar-refractivity contribution is 5.92. The molecule has 0 fully saturated rings. The Kier molecular flexibility index (Phi) is 3.95. The molecule has 1 N–H and O–H groups in total. The minimum Gasteiger partial charge on any atom is -0.323 e. The minimum atomic E-state index is -0.598. The van der Waals surface area contributed by atoms with Gasteiger partial charge in [-0.05, 0) is 19.1 Å². The van der Waals surface area contributed by atoms with Crippen LogP contribution in [-0.4, -0.2) is 20.6 Å². The average molecular weight is 285 g/mol. The van der Waals surface area contributed by atoms with Crippen molar-refractivity contribution >= 4 is 17.3 Å². The molecule has 21 heavy (non-hydrogen) atoms. The van der Waals surface area contributed by atoms with Crippen molar-refractivity contribution in [3.8, 4) is 6.07 Å². The van der Waals surface area contributed by atoms with E-state index in [1.807, 2.05) is 13.0 Å². The third-order valence-electron chi connectivity index (χ3n) is 2.83. The molecule has 0 aliphatic rings. The molecule has 0 unspecified atom stereocenters. The summed E-state index contributed by atoms with van der Waals surface area (Å²) in [6.45, 7) is 1.81. The van der Waals surface area contributed by atoms with E-state index in [1.54, 1.807) is 12.3 Å². The summed E-state index contributed by atoms with van der Waals surface area (Å²) in [5.41, 5.74) is 0.898. The monoisotopic (exact) mass is 285 g/mol. The SMILES string of the molecule is Cc1ccnn1CC(=O)Nc1ccc([N+](=O)[O-])cc1C#N. The van der Waals surface area contributed by atoms with Gasteiger partial charge in [-0.1, -0.05) is 0 Å². The molecular formula is C13H11N5O3. The topological polar surface area (TPSA) is 114 Å². The fourth-order valence-electron chi connectivity index (χ4n) is 1.74. The van der Waals surface area contributed by atoms with Crippen LogP contribution in [0.25, 0.3) is 0 Å². The average Bonchev–Trinajstić information content (AvgIpc) is 2.84. The number of aryl methyl sites for hydroxylation is 1. The number of carbonyl (C=O) groups excluding carboxylic acids is 1. The molecule has 8 nitrogen and oxygen atoms in total. The number of nitriles is 1. The molecule has 0 bridgehead atoms. The largest absolute Gasteiger partial charge is 0.323 e. The van der Waals surface area contributed by atoms with Crippen LogP contribution in [0.3, 0.4) is 0 Å². The van der Waals surface area contributed by atoms with Crippen LogP contribution in [0.4, 0.5) is 11.4 Å². The molecular weight excluding hydrogens is 274 g/mol. The highest BCUT2D eigenvalue weighted by atomic mass is 16.6.